The van der Waals surface area contributed by atoms with E-state index in [1.807, 2.05) is 0 Å². The summed E-state index contributed by atoms with van der Waals surface area (Å²) in [6.07, 6.45) is 1.05. The smallest absolute Gasteiger partial charge is 0.143 e. The average molecular weight is 302 g/mol. The van der Waals surface area contributed by atoms with Gasteiger partial charge in [-0.2, -0.15) is 0 Å². The van der Waals surface area contributed by atoms with Crippen LogP contribution in [0.2, 0.25) is 5.02 Å². The van der Waals surface area contributed by atoms with E-state index in [1.54, 1.807) is 6.07 Å². The fourth-order valence-corrected chi connectivity index (χ4v) is 2.46. The molecule has 0 unspecified atom stereocenters. The molecule has 0 radical (unpaired) electrons. The van der Waals surface area contributed by atoms with Crippen molar-refractivity contribution in [1.29, 1.82) is 0 Å². The van der Waals surface area contributed by atoms with Gasteiger partial charge in [0.05, 0.1) is 16.4 Å². The van der Waals surface area contributed by atoms with Crippen LogP contribution in [0.4, 0.5) is 15.8 Å². The van der Waals surface area contributed by atoms with E-state index < -0.39 is 5.82 Å². The Morgan fingerprint density at radius 3 is 2.30 bits per heavy atom. The van der Waals surface area contributed by atoms with Gasteiger partial charge >= 0.3 is 0 Å². The number of hydrogen-bond donors (Lipinski definition) is 1. The monoisotopic (exact) mass is 301 g/mol. The molecule has 0 heterocycles. The number of nitrogen functional groups attached to an aromatic ring is 1. The summed E-state index contributed by atoms with van der Waals surface area (Å²) in [5, 5.41) is 0.122. The summed E-state index contributed by atoms with van der Waals surface area (Å²) >= 11 is 5.85. The van der Waals surface area contributed by atoms with E-state index in [4.69, 9.17) is 17.3 Å². The Balaban J connectivity index is 2.69. The Hall–Kier alpha value is -1.00. The summed E-state index contributed by atoms with van der Waals surface area (Å²) in [6.45, 7) is 11.3. The minimum Gasteiger partial charge on any atom is -0.397 e. The van der Waals surface area contributed by atoms with Crippen LogP contribution in [-0.2, 0) is 0 Å². The number of nitrogens with two attached hydrogens (primary N) is 1. The molecule has 0 bridgehead atoms. The summed E-state index contributed by atoms with van der Waals surface area (Å²) in [5.41, 5.74) is 7.16. The van der Waals surface area contributed by atoms with Gasteiger partial charge in [-0.05, 0) is 39.0 Å². The third kappa shape index (κ3) is 4.53. The van der Waals surface area contributed by atoms with Gasteiger partial charge in [-0.3, -0.25) is 0 Å². The molecule has 0 aliphatic rings. The van der Waals surface area contributed by atoms with Crippen LogP contribution in [0.15, 0.2) is 12.1 Å². The van der Waals surface area contributed by atoms with Gasteiger partial charge in [0, 0.05) is 19.2 Å². The van der Waals surface area contributed by atoms with Crippen LogP contribution >= 0.6 is 11.6 Å². The lowest BCUT2D eigenvalue weighted by molar-refractivity contribution is 0.301. The molecule has 5 heteroatoms. The molecule has 1 rings (SSSR count). The highest BCUT2D eigenvalue weighted by atomic mass is 35.5. The van der Waals surface area contributed by atoms with Crippen LogP contribution in [0, 0.1) is 5.82 Å². The zero-order chi connectivity index (χ0) is 15.1. The van der Waals surface area contributed by atoms with Gasteiger partial charge in [0.25, 0.3) is 0 Å². The second-order valence-electron chi connectivity index (χ2n) is 4.79. The first-order valence-corrected chi connectivity index (χ1v) is 7.63. The van der Waals surface area contributed by atoms with Crippen LogP contribution in [0.1, 0.15) is 27.2 Å². The van der Waals surface area contributed by atoms with Crippen molar-refractivity contribution in [3.8, 4) is 0 Å². The molecular formula is C15H25ClFN3. The van der Waals surface area contributed by atoms with Gasteiger partial charge in [-0.1, -0.05) is 25.4 Å². The lowest BCUT2D eigenvalue weighted by atomic mass is 10.2. The highest BCUT2D eigenvalue weighted by Gasteiger charge is 2.12. The summed E-state index contributed by atoms with van der Waals surface area (Å²) in [7, 11) is 0. The van der Waals surface area contributed by atoms with Crippen molar-refractivity contribution in [3.05, 3.63) is 23.0 Å². The fraction of sp³-hybridized carbons (Fsp3) is 0.600. The molecule has 0 atom stereocenters. The zero-order valence-corrected chi connectivity index (χ0v) is 13.4. The molecule has 114 valence electrons. The number of benzene rings is 1. The highest BCUT2D eigenvalue weighted by molar-refractivity contribution is 6.31. The standard InChI is InChI=1S/C15H25ClFN3/c1-4-19(5-2)8-7-9-20(6-3)15-10-12(16)13(17)11-14(15)18/h10-11H,4-9,18H2,1-3H3. The average Bonchev–Trinajstić information content (AvgIpc) is 2.44. The molecule has 0 aliphatic carbocycles. The summed E-state index contributed by atoms with van der Waals surface area (Å²) in [4.78, 5) is 4.53. The van der Waals surface area contributed by atoms with Crippen LogP contribution in [-0.4, -0.2) is 37.6 Å². The third-order valence-corrected chi connectivity index (χ3v) is 3.88. The number of nitrogens with zero attached hydrogens (tertiary/aromatic N) is 2. The van der Waals surface area contributed by atoms with Crippen molar-refractivity contribution in [1.82, 2.24) is 4.90 Å². The van der Waals surface area contributed by atoms with Crippen molar-refractivity contribution in [2.75, 3.05) is 43.4 Å². The van der Waals surface area contributed by atoms with E-state index in [0.29, 0.717) is 5.69 Å². The Morgan fingerprint density at radius 2 is 1.75 bits per heavy atom. The normalized spacial score (nSPS) is 11.1. The Bertz CT molecular complexity index is 422. The van der Waals surface area contributed by atoms with Gasteiger partial charge in [-0.25, -0.2) is 4.39 Å². The van der Waals surface area contributed by atoms with Gasteiger partial charge in [0.1, 0.15) is 5.82 Å². The minimum atomic E-state index is -0.466. The molecule has 0 aliphatic heterocycles. The minimum absolute atomic E-state index is 0.122. The molecule has 1 aromatic carbocycles. The van der Waals surface area contributed by atoms with Crippen LogP contribution in [0.25, 0.3) is 0 Å². The maximum atomic E-state index is 13.3. The molecule has 20 heavy (non-hydrogen) atoms. The quantitative estimate of drug-likeness (QED) is 0.744. The zero-order valence-electron chi connectivity index (χ0n) is 12.6. The van der Waals surface area contributed by atoms with Crippen molar-refractivity contribution >= 4 is 23.0 Å². The summed E-state index contributed by atoms with van der Waals surface area (Å²) in [5.74, 6) is -0.466. The van der Waals surface area contributed by atoms with Crippen molar-refractivity contribution in [2.45, 2.75) is 27.2 Å². The highest BCUT2D eigenvalue weighted by Crippen LogP contribution is 2.29. The molecule has 1 aromatic rings. The van der Waals surface area contributed by atoms with E-state index in [9.17, 15) is 4.39 Å². The van der Waals surface area contributed by atoms with Crippen molar-refractivity contribution < 1.29 is 4.39 Å². The lowest BCUT2D eigenvalue weighted by Crippen LogP contribution is -2.30. The predicted molar refractivity (Wildman–Crippen MR) is 86.1 cm³/mol. The first-order valence-electron chi connectivity index (χ1n) is 7.25. The Labute approximate surface area is 126 Å². The van der Waals surface area contributed by atoms with Crippen LogP contribution < -0.4 is 10.6 Å². The van der Waals surface area contributed by atoms with E-state index in [1.165, 1.54) is 6.07 Å². The van der Waals surface area contributed by atoms with E-state index in [0.717, 1.165) is 44.8 Å². The van der Waals surface area contributed by atoms with E-state index >= 15 is 0 Å². The van der Waals surface area contributed by atoms with Crippen LogP contribution in [0.5, 0.6) is 0 Å². The Morgan fingerprint density at radius 1 is 1.10 bits per heavy atom. The van der Waals surface area contributed by atoms with Gasteiger partial charge < -0.3 is 15.5 Å². The molecule has 0 amide bonds. The van der Waals surface area contributed by atoms with Crippen molar-refractivity contribution in [2.24, 2.45) is 0 Å². The van der Waals surface area contributed by atoms with Crippen LogP contribution in [0.3, 0.4) is 0 Å². The predicted octanol–water partition coefficient (Wildman–Crippen LogP) is 3.62. The van der Waals surface area contributed by atoms with E-state index in [2.05, 4.69) is 30.6 Å². The first-order chi connectivity index (χ1) is 9.53. The van der Waals surface area contributed by atoms with Gasteiger partial charge in [0.2, 0.25) is 0 Å². The largest absolute Gasteiger partial charge is 0.397 e. The molecule has 3 nitrogen and oxygen atoms in total. The number of halogens is 2. The topological polar surface area (TPSA) is 32.5 Å². The summed E-state index contributed by atoms with van der Waals surface area (Å²) < 4.78 is 13.3. The molecule has 0 spiro atoms. The molecule has 0 saturated heterocycles. The maximum Gasteiger partial charge on any atom is 0.143 e. The summed E-state index contributed by atoms with van der Waals surface area (Å²) in [6, 6.07) is 2.91. The number of anilines is 2. The molecular weight excluding hydrogens is 277 g/mol. The van der Waals surface area contributed by atoms with Crippen molar-refractivity contribution in [3.63, 3.8) is 0 Å². The second-order valence-corrected chi connectivity index (χ2v) is 5.19. The molecule has 0 fully saturated rings. The molecule has 2 N–H and O–H groups in total. The fourth-order valence-electron chi connectivity index (χ4n) is 2.30. The maximum absolute atomic E-state index is 13.3. The number of hydrogen-bond acceptors (Lipinski definition) is 3. The van der Waals surface area contributed by atoms with Gasteiger partial charge in [-0.15, -0.1) is 0 Å². The Kier molecular flexibility index (Phi) is 7.10. The van der Waals surface area contributed by atoms with Gasteiger partial charge in [0.15, 0.2) is 0 Å². The SMILES string of the molecule is CCN(CC)CCCN(CC)c1cc(Cl)c(F)cc1N. The van der Waals surface area contributed by atoms with E-state index in [-0.39, 0.29) is 5.02 Å². The third-order valence-electron chi connectivity index (χ3n) is 3.59. The lowest BCUT2D eigenvalue weighted by Gasteiger charge is -2.26. The first kappa shape index (κ1) is 17.1. The number of rotatable bonds is 8. The molecule has 0 saturated carbocycles. The second kappa shape index (κ2) is 8.32. The molecule has 0 aromatic heterocycles.